The van der Waals surface area contributed by atoms with Crippen LogP contribution in [0, 0.1) is 11.8 Å². The van der Waals surface area contributed by atoms with E-state index in [0.29, 0.717) is 5.92 Å². The lowest BCUT2D eigenvalue weighted by molar-refractivity contribution is -0.131. The van der Waals surface area contributed by atoms with Crippen LogP contribution in [-0.4, -0.2) is 17.7 Å². The zero-order valence-corrected chi connectivity index (χ0v) is 14.7. The molecule has 132 valence electrons. The monoisotopic (exact) mass is 330 g/mol. The van der Waals surface area contributed by atoms with Crippen molar-refractivity contribution in [2.45, 2.75) is 58.3 Å². The summed E-state index contributed by atoms with van der Waals surface area (Å²) < 4.78 is 5.92. The van der Waals surface area contributed by atoms with Crippen molar-refractivity contribution in [3.05, 3.63) is 35.9 Å². The summed E-state index contributed by atoms with van der Waals surface area (Å²) in [4.78, 5) is 10.5. The SMILES string of the molecule is CCCCC[C@H]1CC[C@H](COc2ccc(C=CC(=O)O)cc2)CC1. The molecule has 24 heavy (non-hydrogen) atoms. The molecule has 0 aromatic heterocycles. The number of carbonyl (C=O) groups is 1. The number of unbranched alkanes of at least 4 members (excludes halogenated alkanes) is 2. The summed E-state index contributed by atoms with van der Waals surface area (Å²) in [6.45, 7) is 3.06. The van der Waals surface area contributed by atoms with Crippen LogP contribution in [-0.2, 0) is 4.79 Å². The van der Waals surface area contributed by atoms with E-state index in [-0.39, 0.29) is 0 Å². The van der Waals surface area contributed by atoms with Gasteiger partial charge in [0.25, 0.3) is 0 Å². The van der Waals surface area contributed by atoms with Crippen LogP contribution in [0.3, 0.4) is 0 Å². The van der Waals surface area contributed by atoms with Gasteiger partial charge in [0.2, 0.25) is 0 Å². The highest BCUT2D eigenvalue weighted by Crippen LogP contribution is 2.32. The molecular weight excluding hydrogens is 300 g/mol. The average Bonchev–Trinajstić information content (AvgIpc) is 2.60. The van der Waals surface area contributed by atoms with Crippen molar-refractivity contribution in [1.29, 1.82) is 0 Å². The van der Waals surface area contributed by atoms with Gasteiger partial charge in [0.15, 0.2) is 0 Å². The van der Waals surface area contributed by atoms with E-state index in [2.05, 4.69) is 6.92 Å². The molecule has 0 amide bonds. The lowest BCUT2D eigenvalue weighted by atomic mass is 9.80. The Hall–Kier alpha value is -1.77. The molecule has 1 aliphatic carbocycles. The van der Waals surface area contributed by atoms with Crippen LogP contribution in [0.4, 0.5) is 0 Å². The summed E-state index contributed by atoms with van der Waals surface area (Å²) in [7, 11) is 0. The molecule has 0 radical (unpaired) electrons. The molecule has 1 aromatic rings. The van der Waals surface area contributed by atoms with Gasteiger partial charge in [0, 0.05) is 6.08 Å². The largest absolute Gasteiger partial charge is 0.493 e. The predicted octanol–water partition coefficient (Wildman–Crippen LogP) is 5.55. The molecule has 1 aromatic carbocycles. The first kappa shape index (κ1) is 18.6. The number of ether oxygens (including phenoxy) is 1. The van der Waals surface area contributed by atoms with Gasteiger partial charge in [-0.1, -0.05) is 57.6 Å². The first-order chi connectivity index (χ1) is 11.7. The minimum atomic E-state index is -0.930. The molecule has 1 aliphatic rings. The Balaban J connectivity index is 1.68. The van der Waals surface area contributed by atoms with E-state index in [9.17, 15) is 4.79 Å². The highest BCUT2D eigenvalue weighted by atomic mass is 16.5. The maximum atomic E-state index is 10.5. The van der Waals surface area contributed by atoms with Crippen LogP contribution < -0.4 is 4.74 Å². The molecule has 1 saturated carbocycles. The van der Waals surface area contributed by atoms with Crippen molar-refractivity contribution in [2.24, 2.45) is 11.8 Å². The maximum Gasteiger partial charge on any atom is 0.328 e. The number of rotatable bonds is 9. The number of hydrogen-bond donors (Lipinski definition) is 1. The van der Waals surface area contributed by atoms with Gasteiger partial charge >= 0.3 is 5.97 Å². The van der Waals surface area contributed by atoms with Gasteiger partial charge in [-0.2, -0.15) is 0 Å². The molecule has 0 heterocycles. The number of carboxylic acids is 1. The molecule has 3 heteroatoms. The van der Waals surface area contributed by atoms with Crippen LogP contribution in [0.15, 0.2) is 30.3 Å². The van der Waals surface area contributed by atoms with E-state index < -0.39 is 5.97 Å². The van der Waals surface area contributed by atoms with Gasteiger partial charge in [0.05, 0.1) is 6.61 Å². The predicted molar refractivity (Wildman–Crippen MR) is 98.2 cm³/mol. The van der Waals surface area contributed by atoms with Gasteiger partial charge in [-0.05, 0) is 48.4 Å². The van der Waals surface area contributed by atoms with Gasteiger partial charge in [-0.15, -0.1) is 0 Å². The Kier molecular flexibility index (Phi) is 7.87. The quantitative estimate of drug-likeness (QED) is 0.477. The van der Waals surface area contributed by atoms with Crippen molar-refractivity contribution in [1.82, 2.24) is 0 Å². The summed E-state index contributed by atoms with van der Waals surface area (Å²) in [6, 6.07) is 7.61. The average molecular weight is 330 g/mol. The van der Waals surface area contributed by atoms with E-state index in [1.54, 1.807) is 6.08 Å². The second-order valence-electron chi connectivity index (χ2n) is 6.93. The van der Waals surface area contributed by atoms with Crippen molar-refractivity contribution >= 4 is 12.0 Å². The van der Waals surface area contributed by atoms with Crippen LogP contribution in [0.1, 0.15) is 63.9 Å². The first-order valence-corrected chi connectivity index (χ1v) is 9.31. The molecule has 0 saturated heterocycles. The summed E-state index contributed by atoms with van der Waals surface area (Å²) in [5.41, 5.74) is 0.873. The molecular formula is C21H30O3. The molecule has 0 atom stereocenters. The topological polar surface area (TPSA) is 46.5 Å². The van der Waals surface area contributed by atoms with Gasteiger partial charge in [-0.3, -0.25) is 0 Å². The first-order valence-electron chi connectivity index (χ1n) is 9.31. The second-order valence-corrected chi connectivity index (χ2v) is 6.93. The third-order valence-electron chi connectivity index (χ3n) is 4.97. The molecule has 2 rings (SSSR count). The molecule has 0 spiro atoms. The third kappa shape index (κ3) is 6.77. The lowest BCUT2D eigenvalue weighted by Crippen LogP contribution is -2.20. The summed E-state index contributed by atoms with van der Waals surface area (Å²) >= 11 is 0. The number of hydrogen-bond acceptors (Lipinski definition) is 2. The number of aliphatic carboxylic acids is 1. The van der Waals surface area contributed by atoms with Gasteiger partial charge in [-0.25, -0.2) is 4.79 Å². The Labute approximate surface area is 145 Å². The Bertz CT molecular complexity index is 510. The Morgan fingerprint density at radius 3 is 2.42 bits per heavy atom. The zero-order chi connectivity index (χ0) is 17.2. The van der Waals surface area contributed by atoms with E-state index >= 15 is 0 Å². The van der Waals surface area contributed by atoms with Crippen molar-refractivity contribution < 1.29 is 14.6 Å². The highest BCUT2D eigenvalue weighted by molar-refractivity contribution is 5.85. The second kappa shape index (κ2) is 10.2. The molecule has 3 nitrogen and oxygen atoms in total. The Morgan fingerprint density at radius 2 is 1.79 bits per heavy atom. The van der Waals surface area contributed by atoms with E-state index in [0.717, 1.165) is 29.9 Å². The van der Waals surface area contributed by atoms with Crippen LogP contribution in [0.2, 0.25) is 0 Å². The van der Waals surface area contributed by atoms with Crippen LogP contribution >= 0.6 is 0 Å². The number of benzene rings is 1. The zero-order valence-electron chi connectivity index (χ0n) is 14.7. The van der Waals surface area contributed by atoms with E-state index in [4.69, 9.17) is 9.84 Å². The summed E-state index contributed by atoms with van der Waals surface area (Å²) in [5, 5.41) is 8.63. The normalized spacial score (nSPS) is 21.0. The third-order valence-corrected chi connectivity index (χ3v) is 4.97. The fourth-order valence-corrected chi connectivity index (χ4v) is 3.43. The van der Waals surface area contributed by atoms with Gasteiger partial charge < -0.3 is 9.84 Å². The molecule has 1 N–H and O–H groups in total. The Morgan fingerprint density at radius 1 is 1.12 bits per heavy atom. The number of carboxylic acid groups (broad SMARTS) is 1. The molecule has 0 bridgehead atoms. The lowest BCUT2D eigenvalue weighted by Gasteiger charge is -2.28. The summed E-state index contributed by atoms with van der Waals surface area (Å²) in [5.74, 6) is 1.56. The van der Waals surface area contributed by atoms with Crippen molar-refractivity contribution in [3.8, 4) is 5.75 Å². The van der Waals surface area contributed by atoms with E-state index in [1.807, 2.05) is 24.3 Å². The smallest absolute Gasteiger partial charge is 0.328 e. The van der Waals surface area contributed by atoms with Gasteiger partial charge in [0.1, 0.15) is 5.75 Å². The van der Waals surface area contributed by atoms with Crippen LogP contribution in [0.5, 0.6) is 5.75 Å². The highest BCUT2D eigenvalue weighted by Gasteiger charge is 2.21. The van der Waals surface area contributed by atoms with Crippen molar-refractivity contribution in [3.63, 3.8) is 0 Å². The minimum Gasteiger partial charge on any atom is -0.493 e. The molecule has 0 unspecified atom stereocenters. The minimum absolute atomic E-state index is 0.680. The molecule has 1 fully saturated rings. The van der Waals surface area contributed by atoms with Crippen LogP contribution in [0.25, 0.3) is 6.08 Å². The summed E-state index contributed by atoms with van der Waals surface area (Å²) in [6.07, 6.45) is 13.5. The van der Waals surface area contributed by atoms with E-state index in [1.165, 1.54) is 51.4 Å². The fraction of sp³-hybridized carbons (Fsp3) is 0.571. The molecule has 0 aliphatic heterocycles. The van der Waals surface area contributed by atoms with Crippen molar-refractivity contribution in [2.75, 3.05) is 6.61 Å². The maximum absolute atomic E-state index is 10.5. The standard InChI is InChI=1S/C21H30O3/c1-2-3-4-5-17-6-8-19(9-7-17)16-24-20-13-10-18(11-14-20)12-15-21(22)23/h10-15,17,19H,2-9,16H2,1H3,(H,22,23)/t17-,19-. The fourth-order valence-electron chi connectivity index (χ4n) is 3.43.